The quantitative estimate of drug-likeness (QED) is 0.825. The molecule has 0 spiro atoms. The van der Waals surface area contributed by atoms with Gasteiger partial charge in [-0.15, -0.1) is 0 Å². The molecule has 1 heterocycles. The van der Waals surface area contributed by atoms with Gasteiger partial charge in [0.2, 0.25) is 0 Å². The Morgan fingerprint density at radius 1 is 1.50 bits per heavy atom. The van der Waals surface area contributed by atoms with E-state index in [1.54, 1.807) is 6.26 Å². The molecule has 90 valence electrons. The van der Waals surface area contributed by atoms with E-state index in [0.29, 0.717) is 6.04 Å². The minimum absolute atomic E-state index is 0.620. The van der Waals surface area contributed by atoms with Crippen molar-refractivity contribution >= 4 is 0 Å². The average Bonchev–Trinajstić information content (AvgIpc) is 2.96. The van der Waals surface area contributed by atoms with Crippen LogP contribution in [0, 0.1) is 11.8 Å². The summed E-state index contributed by atoms with van der Waals surface area (Å²) in [6.07, 6.45) is 10.3. The molecule has 1 aliphatic carbocycles. The Morgan fingerprint density at radius 2 is 2.38 bits per heavy atom. The van der Waals surface area contributed by atoms with Crippen LogP contribution in [0.5, 0.6) is 0 Å². The summed E-state index contributed by atoms with van der Waals surface area (Å²) >= 11 is 0. The van der Waals surface area contributed by atoms with Gasteiger partial charge in [0, 0.05) is 6.04 Å². The van der Waals surface area contributed by atoms with Crippen LogP contribution in [-0.2, 0) is 6.42 Å². The lowest BCUT2D eigenvalue weighted by molar-refractivity contribution is 0.361. The molecular formula is C14H23NO. The maximum absolute atomic E-state index is 5.14. The maximum Gasteiger partial charge on any atom is 0.0935 e. The number of nitrogens with one attached hydrogen (secondary N) is 1. The zero-order chi connectivity index (χ0) is 11.4. The first-order valence-corrected chi connectivity index (χ1v) is 6.51. The number of hydrogen-bond acceptors (Lipinski definition) is 2. The molecule has 0 saturated heterocycles. The summed E-state index contributed by atoms with van der Waals surface area (Å²) in [6, 6.07) is 2.70. The van der Waals surface area contributed by atoms with Crippen molar-refractivity contribution in [1.29, 1.82) is 0 Å². The van der Waals surface area contributed by atoms with Crippen LogP contribution in [0.1, 0.15) is 38.2 Å². The smallest absolute Gasteiger partial charge is 0.0935 e. The number of rotatable bonds is 5. The summed E-state index contributed by atoms with van der Waals surface area (Å²) in [7, 11) is 2.09. The SMILES string of the molecule is CCC1CCC(C(Cc2ccoc2)NC)C1. The summed E-state index contributed by atoms with van der Waals surface area (Å²) in [6.45, 7) is 2.32. The predicted octanol–water partition coefficient (Wildman–Crippen LogP) is 3.24. The summed E-state index contributed by atoms with van der Waals surface area (Å²) in [5.41, 5.74) is 1.32. The van der Waals surface area contributed by atoms with Gasteiger partial charge in [0.05, 0.1) is 12.5 Å². The van der Waals surface area contributed by atoms with Crippen LogP contribution in [0.15, 0.2) is 23.0 Å². The molecule has 1 N–H and O–H groups in total. The van der Waals surface area contributed by atoms with Gasteiger partial charge in [-0.25, -0.2) is 0 Å². The number of likely N-dealkylation sites (N-methyl/N-ethyl adjacent to an activating group) is 1. The van der Waals surface area contributed by atoms with Crippen molar-refractivity contribution < 1.29 is 4.42 Å². The molecule has 0 aromatic carbocycles. The molecule has 3 unspecified atom stereocenters. The second-order valence-corrected chi connectivity index (χ2v) is 5.08. The van der Waals surface area contributed by atoms with Crippen molar-refractivity contribution in [2.24, 2.45) is 11.8 Å². The summed E-state index contributed by atoms with van der Waals surface area (Å²) in [5.74, 6) is 1.81. The molecule has 0 radical (unpaired) electrons. The van der Waals surface area contributed by atoms with Crippen molar-refractivity contribution in [1.82, 2.24) is 5.32 Å². The van der Waals surface area contributed by atoms with Gasteiger partial charge in [-0.1, -0.05) is 19.8 Å². The molecule has 1 aliphatic rings. The average molecular weight is 221 g/mol. The van der Waals surface area contributed by atoms with E-state index in [-0.39, 0.29) is 0 Å². The topological polar surface area (TPSA) is 25.2 Å². The fourth-order valence-corrected chi connectivity index (χ4v) is 3.02. The molecule has 0 amide bonds. The summed E-state index contributed by atoms with van der Waals surface area (Å²) in [5, 5.41) is 3.49. The fraction of sp³-hybridized carbons (Fsp3) is 0.714. The Bertz CT molecular complexity index is 294. The lowest BCUT2D eigenvalue weighted by Crippen LogP contribution is -2.34. The van der Waals surface area contributed by atoms with E-state index >= 15 is 0 Å². The summed E-state index contributed by atoms with van der Waals surface area (Å²) in [4.78, 5) is 0. The second-order valence-electron chi connectivity index (χ2n) is 5.08. The highest BCUT2D eigenvalue weighted by molar-refractivity contribution is 5.08. The van der Waals surface area contributed by atoms with Crippen molar-refractivity contribution in [2.75, 3.05) is 7.05 Å². The Labute approximate surface area is 98.4 Å². The van der Waals surface area contributed by atoms with Gasteiger partial charge in [0.1, 0.15) is 0 Å². The van der Waals surface area contributed by atoms with E-state index in [2.05, 4.69) is 25.4 Å². The molecule has 1 aromatic rings. The van der Waals surface area contributed by atoms with E-state index in [0.717, 1.165) is 18.3 Å². The molecule has 0 bridgehead atoms. The standard InChI is InChI=1S/C14H23NO/c1-3-11-4-5-13(8-11)14(15-2)9-12-6-7-16-10-12/h6-7,10-11,13-15H,3-5,8-9H2,1-2H3. The van der Waals surface area contributed by atoms with Crippen LogP contribution < -0.4 is 5.32 Å². The fourth-order valence-electron chi connectivity index (χ4n) is 3.02. The summed E-state index contributed by atoms with van der Waals surface area (Å²) < 4.78 is 5.14. The van der Waals surface area contributed by atoms with Gasteiger partial charge in [-0.2, -0.15) is 0 Å². The largest absolute Gasteiger partial charge is 0.472 e. The minimum atomic E-state index is 0.620. The van der Waals surface area contributed by atoms with Crippen molar-refractivity contribution in [3.63, 3.8) is 0 Å². The van der Waals surface area contributed by atoms with Crippen molar-refractivity contribution in [3.05, 3.63) is 24.2 Å². The van der Waals surface area contributed by atoms with Crippen molar-refractivity contribution in [2.45, 2.75) is 45.1 Å². The zero-order valence-electron chi connectivity index (χ0n) is 10.4. The molecule has 3 atom stereocenters. The van der Waals surface area contributed by atoms with Crippen LogP contribution in [0.3, 0.4) is 0 Å². The van der Waals surface area contributed by atoms with Crippen LogP contribution in [0.4, 0.5) is 0 Å². The Hall–Kier alpha value is -0.760. The van der Waals surface area contributed by atoms with E-state index in [4.69, 9.17) is 4.42 Å². The lowest BCUT2D eigenvalue weighted by Gasteiger charge is -2.22. The van der Waals surface area contributed by atoms with Gasteiger partial charge in [-0.05, 0) is 49.8 Å². The molecule has 0 aliphatic heterocycles. The molecule has 1 fully saturated rings. The van der Waals surface area contributed by atoms with Crippen molar-refractivity contribution in [3.8, 4) is 0 Å². The molecule has 1 aromatic heterocycles. The maximum atomic E-state index is 5.14. The van der Waals surface area contributed by atoms with Crippen LogP contribution >= 0.6 is 0 Å². The molecular weight excluding hydrogens is 198 g/mol. The molecule has 1 saturated carbocycles. The Balaban J connectivity index is 1.90. The molecule has 2 rings (SSSR count). The lowest BCUT2D eigenvalue weighted by atomic mass is 9.92. The van der Waals surface area contributed by atoms with Gasteiger partial charge in [0.15, 0.2) is 0 Å². The third-order valence-corrected chi connectivity index (χ3v) is 4.13. The molecule has 2 nitrogen and oxygen atoms in total. The molecule has 2 heteroatoms. The Morgan fingerprint density at radius 3 is 2.94 bits per heavy atom. The first-order chi connectivity index (χ1) is 7.83. The highest BCUT2D eigenvalue weighted by atomic mass is 16.3. The first kappa shape index (κ1) is 11.7. The predicted molar refractivity (Wildman–Crippen MR) is 66.4 cm³/mol. The van der Waals surface area contributed by atoms with E-state index in [9.17, 15) is 0 Å². The zero-order valence-corrected chi connectivity index (χ0v) is 10.4. The highest BCUT2D eigenvalue weighted by Crippen LogP contribution is 2.35. The van der Waals surface area contributed by atoms with E-state index in [1.807, 2.05) is 6.26 Å². The van der Waals surface area contributed by atoms with E-state index < -0.39 is 0 Å². The molecule has 16 heavy (non-hydrogen) atoms. The third kappa shape index (κ3) is 2.67. The van der Waals surface area contributed by atoms with Gasteiger partial charge in [0.25, 0.3) is 0 Å². The van der Waals surface area contributed by atoms with E-state index in [1.165, 1.54) is 31.2 Å². The highest BCUT2D eigenvalue weighted by Gasteiger charge is 2.29. The second kappa shape index (κ2) is 5.53. The Kier molecular flexibility index (Phi) is 4.05. The van der Waals surface area contributed by atoms with Crippen LogP contribution in [-0.4, -0.2) is 13.1 Å². The third-order valence-electron chi connectivity index (χ3n) is 4.13. The van der Waals surface area contributed by atoms with Crippen LogP contribution in [0.2, 0.25) is 0 Å². The van der Waals surface area contributed by atoms with Gasteiger partial charge < -0.3 is 9.73 Å². The normalized spacial score (nSPS) is 27.1. The van der Waals surface area contributed by atoms with Gasteiger partial charge >= 0.3 is 0 Å². The minimum Gasteiger partial charge on any atom is -0.472 e. The van der Waals surface area contributed by atoms with Gasteiger partial charge in [-0.3, -0.25) is 0 Å². The van der Waals surface area contributed by atoms with Crippen LogP contribution in [0.25, 0.3) is 0 Å². The number of furan rings is 1. The number of hydrogen-bond donors (Lipinski definition) is 1. The first-order valence-electron chi connectivity index (χ1n) is 6.51. The monoisotopic (exact) mass is 221 g/mol.